The molecule has 1 atom stereocenters. The van der Waals surface area contributed by atoms with Gasteiger partial charge in [-0.25, -0.2) is 0 Å². The van der Waals surface area contributed by atoms with E-state index < -0.39 is 0 Å². The van der Waals surface area contributed by atoms with Crippen LogP contribution in [0, 0.1) is 5.92 Å². The van der Waals surface area contributed by atoms with Crippen molar-refractivity contribution in [2.45, 2.75) is 38.2 Å². The molecule has 1 heterocycles. The number of carbonyl (C=O) groups is 2. The van der Waals surface area contributed by atoms with Gasteiger partial charge in [0.05, 0.1) is 0 Å². The number of hydrogen-bond acceptors (Lipinski definition) is 3. The Kier molecular flexibility index (Phi) is 3.92. The number of rotatable bonds is 4. The highest BCUT2D eigenvalue weighted by atomic mass is 16.5. The van der Waals surface area contributed by atoms with E-state index in [4.69, 9.17) is 4.74 Å². The lowest BCUT2D eigenvalue weighted by Gasteiger charge is -2.15. The summed E-state index contributed by atoms with van der Waals surface area (Å²) in [7, 11) is 1.58. The first-order valence-corrected chi connectivity index (χ1v) is 7.44. The largest absolute Gasteiger partial charge is 0.371 e. The average Bonchev–Trinajstić information content (AvgIpc) is 3.27. The van der Waals surface area contributed by atoms with Crippen molar-refractivity contribution >= 4 is 23.2 Å². The highest BCUT2D eigenvalue weighted by Crippen LogP contribution is 2.34. The maximum atomic E-state index is 12.2. The molecule has 3 rings (SSSR count). The van der Waals surface area contributed by atoms with E-state index in [0.717, 1.165) is 42.6 Å². The number of fused-ring (bicyclic) bond motifs is 1. The highest BCUT2D eigenvalue weighted by molar-refractivity contribution is 5.96. The Hall–Kier alpha value is -1.88. The minimum absolute atomic E-state index is 0.0544. The van der Waals surface area contributed by atoms with Crippen molar-refractivity contribution in [3.8, 4) is 0 Å². The van der Waals surface area contributed by atoms with Crippen LogP contribution in [0.3, 0.4) is 0 Å². The molecule has 1 aliphatic heterocycles. The van der Waals surface area contributed by atoms with Crippen LogP contribution in [0.15, 0.2) is 18.2 Å². The molecule has 0 bridgehead atoms. The number of benzene rings is 1. The number of anilines is 2. The van der Waals surface area contributed by atoms with Gasteiger partial charge in [-0.15, -0.1) is 0 Å². The number of amides is 2. The minimum Gasteiger partial charge on any atom is -0.371 e. The monoisotopic (exact) mass is 288 g/mol. The zero-order chi connectivity index (χ0) is 14.8. The third-order valence-electron chi connectivity index (χ3n) is 4.06. The topological polar surface area (TPSA) is 67.4 Å². The maximum Gasteiger partial charge on any atom is 0.253 e. The van der Waals surface area contributed by atoms with Gasteiger partial charge >= 0.3 is 0 Å². The molecule has 1 aromatic rings. The summed E-state index contributed by atoms with van der Waals surface area (Å²) < 4.78 is 5.29. The van der Waals surface area contributed by atoms with Crippen molar-refractivity contribution < 1.29 is 14.3 Å². The van der Waals surface area contributed by atoms with Gasteiger partial charge < -0.3 is 15.4 Å². The summed E-state index contributed by atoms with van der Waals surface area (Å²) in [6, 6.07) is 5.62. The molecule has 1 aromatic carbocycles. The zero-order valence-corrected chi connectivity index (χ0v) is 12.1. The molecule has 0 aromatic heterocycles. The van der Waals surface area contributed by atoms with Crippen molar-refractivity contribution in [2.24, 2.45) is 5.92 Å². The Bertz CT molecular complexity index is 567. The molecule has 2 amide bonds. The van der Waals surface area contributed by atoms with Gasteiger partial charge in [-0.3, -0.25) is 9.59 Å². The summed E-state index contributed by atoms with van der Waals surface area (Å²) in [6.07, 6.45) is 3.98. The number of ether oxygens (including phenoxy) is 1. The third-order valence-corrected chi connectivity index (χ3v) is 4.06. The maximum absolute atomic E-state index is 12.2. The molecule has 0 spiro atoms. The predicted molar refractivity (Wildman–Crippen MR) is 80.2 cm³/mol. The number of nitrogens with one attached hydrogen (secondary N) is 2. The van der Waals surface area contributed by atoms with Crippen molar-refractivity contribution in [3.05, 3.63) is 23.8 Å². The molecule has 5 nitrogen and oxygen atoms in total. The molecule has 2 aliphatic rings. The van der Waals surface area contributed by atoms with E-state index in [1.807, 2.05) is 18.2 Å². The molecule has 112 valence electrons. The van der Waals surface area contributed by atoms with Gasteiger partial charge in [0.2, 0.25) is 5.91 Å². The Morgan fingerprint density at radius 3 is 2.90 bits per heavy atom. The first-order chi connectivity index (χ1) is 10.2. The Balaban J connectivity index is 1.73. The predicted octanol–water partition coefficient (Wildman–Crippen LogP) is 2.32. The smallest absolute Gasteiger partial charge is 0.253 e. The van der Waals surface area contributed by atoms with Crippen molar-refractivity contribution in [2.75, 3.05) is 17.7 Å². The molecule has 1 aliphatic carbocycles. The zero-order valence-electron chi connectivity index (χ0n) is 12.1. The van der Waals surface area contributed by atoms with Gasteiger partial charge in [0, 0.05) is 24.9 Å². The van der Waals surface area contributed by atoms with Crippen LogP contribution < -0.4 is 10.6 Å². The second-order valence-electron chi connectivity index (χ2n) is 5.76. The van der Waals surface area contributed by atoms with E-state index in [9.17, 15) is 9.59 Å². The standard InChI is InChI=1S/C16H20N2O3/c1-21-15(10-5-6-10)16(20)17-12-7-8-13-11(9-12)3-2-4-14(19)18-13/h7-10,15H,2-6H2,1H3,(H,17,20)(H,18,19). The number of aryl methyl sites for hydroxylation is 1. The molecule has 5 heteroatoms. The summed E-state index contributed by atoms with van der Waals surface area (Å²) in [5.41, 5.74) is 2.68. The Labute approximate surface area is 124 Å². The number of hydrogen-bond donors (Lipinski definition) is 2. The molecule has 0 radical (unpaired) electrons. The summed E-state index contributed by atoms with van der Waals surface area (Å²) in [5.74, 6) is 0.325. The second kappa shape index (κ2) is 5.85. The van der Waals surface area contributed by atoms with Gasteiger partial charge in [0.25, 0.3) is 5.91 Å². The highest BCUT2D eigenvalue weighted by Gasteiger charge is 2.36. The first kappa shape index (κ1) is 14.1. The van der Waals surface area contributed by atoms with Gasteiger partial charge in [-0.1, -0.05) is 0 Å². The van der Waals surface area contributed by atoms with E-state index in [2.05, 4.69) is 10.6 Å². The number of carbonyl (C=O) groups excluding carboxylic acids is 2. The quantitative estimate of drug-likeness (QED) is 0.893. The van der Waals surface area contributed by atoms with Crippen LogP contribution in [0.25, 0.3) is 0 Å². The molecule has 1 fully saturated rings. The summed E-state index contributed by atoms with van der Waals surface area (Å²) in [6.45, 7) is 0. The molecular formula is C16H20N2O3. The van der Waals surface area contributed by atoms with E-state index in [0.29, 0.717) is 12.3 Å². The van der Waals surface area contributed by atoms with Crippen molar-refractivity contribution in [3.63, 3.8) is 0 Å². The minimum atomic E-state index is -0.358. The number of methoxy groups -OCH3 is 1. The van der Waals surface area contributed by atoms with Gasteiger partial charge in [-0.2, -0.15) is 0 Å². The fraction of sp³-hybridized carbons (Fsp3) is 0.500. The van der Waals surface area contributed by atoms with Crippen LogP contribution in [0.2, 0.25) is 0 Å². The van der Waals surface area contributed by atoms with Gasteiger partial charge in [0.15, 0.2) is 0 Å². The van der Waals surface area contributed by atoms with Crippen LogP contribution in [-0.2, 0) is 20.7 Å². The van der Waals surface area contributed by atoms with Crippen LogP contribution in [0.1, 0.15) is 31.2 Å². The molecular weight excluding hydrogens is 268 g/mol. The average molecular weight is 288 g/mol. The molecule has 21 heavy (non-hydrogen) atoms. The second-order valence-corrected chi connectivity index (χ2v) is 5.76. The fourth-order valence-electron chi connectivity index (χ4n) is 2.78. The van der Waals surface area contributed by atoms with Gasteiger partial charge in [0.1, 0.15) is 6.10 Å². The fourth-order valence-corrected chi connectivity index (χ4v) is 2.78. The van der Waals surface area contributed by atoms with E-state index >= 15 is 0 Å². The van der Waals surface area contributed by atoms with E-state index in [1.165, 1.54) is 0 Å². The van der Waals surface area contributed by atoms with E-state index in [1.54, 1.807) is 7.11 Å². The SMILES string of the molecule is COC(C(=O)Nc1ccc2c(c1)CCCC(=O)N2)C1CC1. The van der Waals surface area contributed by atoms with Gasteiger partial charge in [-0.05, 0) is 55.4 Å². The Morgan fingerprint density at radius 2 is 2.19 bits per heavy atom. The normalized spacial score (nSPS) is 19.2. The third kappa shape index (κ3) is 3.24. The van der Waals surface area contributed by atoms with Crippen LogP contribution in [0.5, 0.6) is 0 Å². The van der Waals surface area contributed by atoms with Crippen LogP contribution in [-0.4, -0.2) is 25.0 Å². The molecule has 2 N–H and O–H groups in total. The molecule has 0 saturated heterocycles. The van der Waals surface area contributed by atoms with Crippen molar-refractivity contribution in [1.29, 1.82) is 0 Å². The van der Waals surface area contributed by atoms with Crippen LogP contribution >= 0.6 is 0 Å². The summed E-state index contributed by atoms with van der Waals surface area (Å²) in [5, 5.41) is 5.81. The summed E-state index contributed by atoms with van der Waals surface area (Å²) in [4.78, 5) is 23.7. The lowest BCUT2D eigenvalue weighted by Crippen LogP contribution is -2.31. The first-order valence-electron chi connectivity index (χ1n) is 7.44. The molecule has 1 unspecified atom stereocenters. The Morgan fingerprint density at radius 1 is 1.38 bits per heavy atom. The molecule has 1 saturated carbocycles. The summed E-state index contributed by atoms with van der Waals surface area (Å²) >= 11 is 0. The van der Waals surface area contributed by atoms with Crippen LogP contribution in [0.4, 0.5) is 11.4 Å². The van der Waals surface area contributed by atoms with E-state index in [-0.39, 0.29) is 17.9 Å². The lowest BCUT2D eigenvalue weighted by molar-refractivity contribution is -0.126. The lowest BCUT2D eigenvalue weighted by atomic mass is 10.1. The van der Waals surface area contributed by atoms with Crippen molar-refractivity contribution in [1.82, 2.24) is 0 Å².